The summed E-state index contributed by atoms with van der Waals surface area (Å²) in [5, 5.41) is 0. The Balaban J connectivity index is 2.06. The van der Waals surface area contributed by atoms with Crippen LogP contribution in [0.2, 0.25) is 0 Å². The Kier molecular flexibility index (Phi) is 3.38. The second kappa shape index (κ2) is 4.86. The van der Waals surface area contributed by atoms with E-state index in [0.29, 0.717) is 5.92 Å². The quantitative estimate of drug-likeness (QED) is 0.602. The number of hydrogen-bond donors (Lipinski definition) is 0. The number of carbonyl (C=O) groups excluding carboxylic acids is 1. The predicted octanol–water partition coefficient (Wildman–Crippen LogP) is 4.72. The Morgan fingerprint density at radius 3 is 2.81 bits per heavy atom. The van der Waals surface area contributed by atoms with Gasteiger partial charge < -0.3 is 4.74 Å². The number of ether oxygens (including phenoxy) is 1. The van der Waals surface area contributed by atoms with Gasteiger partial charge in [0, 0.05) is 11.8 Å². The van der Waals surface area contributed by atoms with Gasteiger partial charge in [0.05, 0.1) is 5.57 Å². The Morgan fingerprint density at radius 2 is 2.05 bits per heavy atom. The molecule has 0 aromatic heterocycles. The van der Waals surface area contributed by atoms with Gasteiger partial charge in [0.25, 0.3) is 0 Å². The van der Waals surface area contributed by atoms with Crippen LogP contribution in [0.4, 0.5) is 0 Å². The molecule has 2 heteroatoms. The fourth-order valence-electron chi connectivity index (χ4n) is 3.77. The number of hydrogen-bond acceptors (Lipinski definition) is 2. The molecule has 2 nitrogen and oxygen atoms in total. The van der Waals surface area contributed by atoms with Crippen molar-refractivity contribution in [3.8, 4) is 0 Å². The summed E-state index contributed by atoms with van der Waals surface area (Å²) in [6.07, 6.45) is 11.3. The monoisotopic (exact) mass is 286 g/mol. The molecule has 4 bridgehead atoms. The third kappa shape index (κ3) is 2.39. The van der Waals surface area contributed by atoms with Crippen LogP contribution >= 0.6 is 0 Å². The van der Waals surface area contributed by atoms with Crippen molar-refractivity contribution < 1.29 is 9.53 Å². The van der Waals surface area contributed by atoms with Crippen molar-refractivity contribution in [1.29, 1.82) is 0 Å². The zero-order valence-electron chi connectivity index (χ0n) is 13.7. The van der Waals surface area contributed by atoms with Crippen LogP contribution in [-0.4, -0.2) is 11.4 Å². The first kappa shape index (κ1) is 14.6. The van der Waals surface area contributed by atoms with Crippen molar-refractivity contribution in [3.63, 3.8) is 0 Å². The zero-order valence-corrected chi connectivity index (χ0v) is 13.7. The molecule has 0 aromatic rings. The molecule has 0 fully saturated rings. The van der Waals surface area contributed by atoms with E-state index < -0.39 is 0 Å². The highest BCUT2D eigenvalue weighted by atomic mass is 16.5. The van der Waals surface area contributed by atoms with E-state index in [1.165, 1.54) is 5.57 Å². The number of ketones is 1. The Bertz CT molecular complexity index is 566. The molecule has 0 N–H and O–H groups in total. The van der Waals surface area contributed by atoms with Gasteiger partial charge in [0.15, 0.2) is 5.78 Å². The van der Waals surface area contributed by atoms with E-state index in [4.69, 9.17) is 4.74 Å². The van der Waals surface area contributed by atoms with Crippen LogP contribution in [0.3, 0.4) is 0 Å². The fraction of sp³-hybridized carbons (Fsp3) is 0.632. The van der Waals surface area contributed by atoms with Crippen molar-refractivity contribution in [1.82, 2.24) is 0 Å². The lowest BCUT2D eigenvalue weighted by molar-refractivity contribution is -0.129. The minimum Gasteiger partial charge on any atom is -0.487 e. The maximum Gasteiger partial charge on any atom is 0.172 e. The number of carbonyl (C=O) groups is 1. The fourth-order valence-corrected chi connectivity index (χ4v) is 3.77. The molecule has 21 heavy (non-hydrogen) atoms. The molecule has 0 amide bonds. The summed E-state index contributed by atoms with van der Waals surface area (Å²) in [6.45, 7) is 8.66. The standard InChI is InChI=1S/C19H26O2/c1-13-6-5-9-18(3)10-8-15-16(21-18)12-14(2)19(4,11-7-13)17(15)20/h6,8,10,14H,5,7,9,11-12H2,1-4H3/b13-6+/t14-,18+,19+/m1/s1. The van der Waals surface area contributed by atoms with Crippen molar-refractivity contribution in [3.05, 3.63) is 35.1 Å². The smallest absolute Gasteiger partial charge is 0.172 e. The maximum absolute atomic E-state index is 13.0. The predicted molar refractivity (Wildman–Crippen MR) is 84.8 cm³/mol. The summed E-state index contributed by atoms with van der Waals surface area (Å²) in [7, 11) is 0. The van der Waals surface area contributed by atoms with Crippen LogP contribution in [0.5, 0.6) is 0 Å². The normalized spacial score (nSPS) is 42.2. The zero-order chi connectivity index (χ0) is 15.3. The van der Waals surface area contributed by atoms with Crippen LogP contribution in [-0.2, 0) is 9.53 Å². The molecule has 5 aliphatic rings. The molecule has 0 aromatic carbocycles. The van der Waals surface area contributed by atoms with Gasteiger partial charge in [0.2, 0.25) is 0 Å². The molecular formula is C19H26O2. The van der Waals surface area contributed by atoms with E-state index in [-0.39, 0.29) is 16.8 Å². The second-order valence-corrected chi connectivity index (χ2v) is 7.53. The Morgan fingerprint density at radius 1 is 1.29 bits per heavy atom. The van der Waals surface area contributed by atoms with Crippen LogP contribution in [0.25, 0.3) is 0 Å². The third-order valence-electron chi connectivity index (χ3n) is 5.77. The van der Waals surface area contributed by atoms with Gasteiger partial charge >= 0.3 is 0 Å². The largest absolute Gasteiger partial charge is 0.487 e. The molecule has 3 atom stereocenters. The number of rotatable bonds is 0. The first-order valence-electron chi connectivity index (χ1n) is 8.16. The molecule has 3 heterocycles. The van der Waals surface area contributed by atoms with Crippen LogP contribution in [0.1, 0.15) is 59.8 Å². The molecule has 0 unspecified atom stereocenters. The number of fused-ring (bicyclic) bond motifs is 1. The molecular weight excluding hydrogens is 260 g/mol. The van der Waals surface area contributed by atoms with Gasteiger partial charge in [-0.2, -0.15) is 0 Å². The van der Waals surface area contributed by atoms with E-state index >= 15 is 0 Å². The summed E-state index contributed by atoms with van der Waals surface area (Å²) in [5.74, 6) is 1.55. The maximum atomic E-state index is 13.0. The highest BCUT2D eigenvalue weighted by Gasteiger charge is 2.46. The average molecular weight is 286 g/mol. The van der Waals surface area contributed by atoms with Crippen LogP contribution in [0.15, 0.2) is 35.1 Å². The minimum atomic E-state index is -0.261. The van der Waals surface area contributed by atoms with Gasteiger partial charge in [-0.15, -0.1) is 0 Å². The van der Waals surface area contributed by atoms with Crippen molar-refractivity contribution >= 4 is 5.78 Å². The van der Waals surface area contributed by atoms with E-state index in [1.54, 1.807) is 0 Å². The summed E-state index contributed by atoms with van der Waals surface area (Å²) in [6, 6.07) is 0. The minimum absolute atomic E-state index is 0.255. The topological polar surface area (TPSA) is 26.3 Å². The first-order chi connectivity index (χ1) is 9.84. The van der Waals surface area contributed by atoms with E-state index in [0.717, 1.165) is 43.4 Å². The summed E-state index contributed by atoms with van der Waals surface area (Å²) < 4.78 is 6.26. The van der Waals surface area contributed by atoms with Gasteiger partial charge in [-0.25, -0.2) is 0 Å². The SMILES string of the molecule is C/C1=C\CC[C@@]2(C)C=CC3=C(C[C@@H](C)[C@](C)(CC1)C3=O)O2. The Labute approximate surface area is 127 Å². The van der Waals surface area contributed by atoms with Crippen molar-refractivity contribution in [2.45, 2.75) is 65.4 Å². The Hall–Kier alpha value is -1.31. The van der Waals surface area contributed by atoms with E-state index in [2.05, 4.69) is 39.8 Å². The lowest BCUT2D eigenvalue weighted by atomic mass is 9.63. The van der Waals surface area contributed by atoms with Gasteiger partial charge in [-0.3, -0.25) is 4.79 Å². The van der Waals surface area contributed by atoms with E-state index in [1.807, 2.05) is 6.08 Å². The molecule has 0 saturated heterocycles. The van der Waals surface area contributed by atoms with Gasteiger partial charge in [-0.1, -0.05) is 25.5 Å². The molecule has 114 valence electrons. The molecule has 0 radical (unpaired) electrons. The lowest BCUT2D eigenvalue weighted by Gasteiger charge is -2.43. The number of Topliss-reactive ketones (excluding diaryl/α,β-unsaturated/α-hetero) is 1. The van der Waals surface area contributed by atoms with E-state index in [9.17, 15) is 4.79 Å². The third-order valence-corrected chi connectivity index (χ3v) is 5.77. The van der Waals surface area contributed by atoms with Crippen LogP contribution < -0.4 is 0 Å². The molecule has 2 aliphatic carbocycles. The summed E-state index contributed by atoms with van der Waals surface area (Å²) in [5.41, 5.74) is 1.72. The molecule has 5 rings (SSSR count). The average Bonchev–Trinajstić information content (AvgIpc) is 2.42. The second-order valence-electron chi connectivity index (χ2n) is 7.53. The van der Waals surface area contributed by atoms with Crippen LogP contribution in [0, 0.1) is 11.3 Å². The number of allylic oxidation sites excluding steroid dienone is 5. The molecule has 3 aliphatic heterocycles. The summed E-state index contributed by atoms with van der Waals surface area (Å²) >= 11 is 0. The van der Waals surface area contributed by atoms with Crippen molar-refractivity contribution in [2.24, 2.45) is 11.3 Å². The van der Waals surface area contributed by atoms with Gasteiger partial charge in [-0.05, 0) is 57.6 Å². The van der Waals surface area contributed by atoms with Gasteiger partial charge in [0.1, 0.15) is 11.4 Å². The molecule has 0 saturated carbocycles. The summed E-state index contributed by atoms with van der Waals surface area (Å²) in [4.78, 5) is 13.0. The highest BCUT2D eigenvalue weighted by Crippen LogP contribution is 2.48. The molecule has 0 spiro atoms. The van der Waals surface area contributed by atoms with Crippen molar-refractivity contribution in [2.75, 3.05) is 0 Å². The highest BCUT2D eigenvalue weighted by molar-refractivity contribution is 6.03. The lowest BCUT2D eigenvalue weighted by Crippen LogP contribution is -2.43. The first-order valence-corrected chi connectivity index (χ1v) is 8.16.